The van der Waals surface area contributed by atoms with Gasteiger partial charge in [0.25, 0.3) is 0 Å². The Bertz CT molecular complexity index is 510. The Hall–Kier alpha value is -1.54. The molecule has 0 spiro atoms. The maximum atomic E-state index is 12.9. The minimum Gasteiger partial charge on any atom is -0.494 e. The molecule has 0 aliphatic carbocycles. The van der Waals surface area contributed by atoms with Gasteiger partial charge in [-0.3, -0.25) is 0 Å². The van der Waals surface area contributed by atoms with Crippen LogP contribution in [0.25, 0.3) is 0 Å². The topological polar surface area (TPSA) is 9.23 Å². The molecule has 0 fully saturated rings. The number of benzene rings is 2. The van der Waals surface area contributed by atoms with E-state index in [1.807, 2.05) is 31.2 Å². The lowest BCUT2D eigenvalue weighted by Gasteiger charge is -2.15. The smallest absolute Gasteiger partial charge is 0.124 e. The number of ether oxygens (including phenoxy) is 1. The normalized spacial score (nSPS) is 12.2. The third-order valence-electron chi connectivity index (χ3n) is 2.65. The summed E-state index contributed by atoms with van der Waals surface area (Å²) in [4.78, 5) is 0. The van der Waals surface area contributed by atoms with E-state index in [-0.39, 0.29) is 11.2 Å². The van der Waals surface area contributed by atoms with Crippen LogP contribution in [0.3, 0.4) is 0 Å². The van der Waals surface area contributed by atoms with Gasteiger partial charge in [-0.1, -0.05) is 30.3 Å². The molecule has 2 aromatic rings. The van der Waals surface area contributed by atoms with Crippen LogP contribution in [0.4, 0.5) is 4.39 Å². The minimum absolute atomic E-state index is 0.263. The second-order valence-electron chi connectivity index (χ2n) is 3.88. The third-order valence-corrected chi connectivity index (χ3v) is 3.14. The van der Waals surface area contributed by atoms with Gasteiger partial charge in [-0.25, -0.2) is 4.39 Å². The van der Waals surface area contributed by atoms with E-state index in [1.54, 1.807) is 12.1 Å². The molecule has 0 heterocycles. The third kappa shape index (κ3) is 2.82. The SMILES string of the molecule is CCOc1ccccc1C(Cl)c1ccc(F)cc1. The van der Waals surface area contributed by atoms with E-state index >= 15 is 0 Å². The summed E-state index contributed by atoms with van der Waals surface area (Å²) in [6.45, 7) is 2.52. The van der Waals surface area contributed by atoms with Crippen LogP contribution in [0, 0.1) is 5.82 Å². The monoisotopic (exact) mass is 264 g/mol. The van der Waals surface area contributed by atoms with E-state index in [2.05, 4.69) is 0 Å². The average molecular weight is 265 g/mol. The Morgan fingerprint density at radius 1 is 1.11 bits per heavy atom. The first-order chi connectivity index (χ1) is 8.72. The number of halogens is 2. The van der Waals surface area contributed by atoms with Crippen molar-refractivity contribution in [2.75, 3.05) is 6.61 Å². The predicted molar refractivity (Wildman–Crippen MR) is 71.7 cm³/mol. The van der Waals surface area contributed by atoms with Crippen molar-refractivity contribution < 1.29 is 9.13 Å². The second kappa shape index (κ2) is 5.87. The highest BCUT2D eigenvalue weighted by molar-refractivity contribution is 6.22. The molecule has 0 saturated carbocycles. The van der Waals surface area contributed by atoms with Crippen LogP contribution >= 0.6 is 11.6 Å². The highest BCUT2D eigenvalue weighted by Crippen LogP contribution is 2.34. The average Bonchev–Trinajstić information content (AvgIpc) is 2.40. The van der Waals surface area contributed by atoms with Crippen LogP contribution in [0.2, 0.25) is 0 Å². The number of hydrogen-bond donors (Lipinski definition) is 0. The standard InChI is InChI=1S/C15H14ClFO/c1-2-18-14-6-4-3-5-13(14)15(16)11-7-9-12(17)10-8-11/h3-10,15H,2H2,1H3. The quantitative estimate of drug-likeness (QED) is 0.736. The fourth-order valence-corrected chi connectivity index (χ4v) is 2.11. The predicted octanol–water partition coefficient (Wildman–Crippen LogP) is 4.55. The number of rotatable bonds is 4. The molecule has 0 radical (unpaired) electrons. The van der Waals surface area contributed by atoms with Gasteiger partial charge in [0.2, 0.25) is 0 Å². The van der Waals surface area contributed by atoms with E-state index in [0.717, 1.165) is 16.9 Å². The van der Waals surface area contributed by atoms with E-state index in [1.165, 1.54) is 12.1 Å². The molecule has 0 aromatic heterocycles. The van der Waals surface area contributed by atoms with Gasteiger partial charge in [-0.2, -0.15) is 0 Å². The van der Waals surface area contributed by atoms with Crippen LogP contribution in [-0.4, -0.2) is 6.61 Å². The molecule has 1 atom stereocenters. The number of para-hydroxylation sites is 1. The van der Waals surface area contributed by atoms with Crippen LogP contribution in [0.15, 0.2) is 48.5 Å². The molecule has 2 rings (SSSR count). The largest absolute Gasteiger partial charge is 0.494 e. The van der Waals surface area contributed by atoms with Crippen LogP contribution in [0.5, 0.6) is 5.75 Å². The van der Waals surface area contributed by atoms with Crippen LogP contribution in [0.1, 0.15) is 23.4 Å². The molecule has 0 amide bonds. The first-order valence-corrected chi connectivity index (χ1v) is 6.27. The van der Waals surface area contributed by atoms with Crippen molar-refractivity contribution in [3.63, 3.8) is 0 Å². The van der Waals surface area contributed by atoms with Gasteiger partial charge in [0.1, 0.15) is 11.6 Å². The summed E-state index contributed by atoms with van der Waals surface area (Å²) in [5, 5.41) is -0.339. The van der Waals surface area contributed by atoms with Crippen molar-refractivity contribution in [3.05, 3.63) is 65.5 Å². The van der Waals surface area contributed by atoms with Gasteiger partial charge in [0.05, 0.1) is 12.0 Å². The van der Waals surface area contributed by atoms with Crippen molar-refractivity contribution >= 4 is 11.6 Å². The summed E-state index contributed by atoms with van der Waals surface area (Å²) in [5.41, 5.74) is 1.75. The first-order valence-electron chi connectivity index (χ1n) is 5.83. The van der Waals surface area contributed by atoms with Gasteiger partial charge >= 0.3 is 0 Å². The van der Waals surface area contributed by atoms with Crippen LogP contribution in [-0.2, 0) is 0 Å². The molecule has 0 saturated heterocycles. The summed E-state index contributed by atoms with van der Waals surface area (Å²) in [7, 11) is 0. The molecular weight excluding hydrogens is 251 g/mol. The Labute approximate surface area is 111 Å². The minimum atomic E-state index is -0.339. The Balaban J connectivity index is 2.33. The lowest BCUT2D eigenvalue weighted by Crippen LogP contribution is -2.00. The Morgan fingerprint density at radius 3 is 2.44 bits per heavy atom. The Kier molecular flexibility index (Phi) is 4.21. The van der Waals surface area contributed by atoms with E-state index in [4.69, 9.17) is 16.3 Å². The van der Waals surface area contributed by atoms with Crippen molar-refractivity contribution in [2.45, 2.75) is 12.3 Å². The maximum Gasteiger partial charge on any atom is 0.124 e. The molecular formula is C15H14ClFO. The summed E-state index contributed by atoms with van der Waals surface area (Å²) in [5.74, 6) is 0.505. The maximum absolute atomic E-state index is 12.9. The fourth-order valence-electron chi connectivity index (χ4n) is 1.79. The van der Waals surface area contributed by atoms with E-state index < -0.39 is 0 Å². The van der Waals surface area contributed by atoms with Gasteiger partial charge in [0, 0.05) is 5.56 Å². The van der Waals surface area contributed by atoms with Gasteiger partial charge in [-0.15, -0.1) is 11.6 Å². The molecule has 3 heteroatoms. The first kappa shape index (κ1) is 12.9. The molecule has 94 valence electrons. The van der Waals surface area contributed by atoms with Gasteiger partial charge < -0.3 is 4.74 Å². The summed E-state index contributed by atoms with van der Waals surface area (Å²) in [6, 6.07) is 13.8. The number of hydrogen-bond acceptors (Lipinski definition) is 1. The van der Waals surface area contributed by atoms with Crippen molar-refractivity contribution in [1.82, 2.24) is 0 Å². The zero-order valence-corrected chi connectivity index (χ0v) is 10.8. The molecule has 0 aliphatic heterocycles. The molecule has 1 nitrogen and oxygen atoms in total. The van der Waals surface area contributed by atoms with Crippen LogP contribution < -0.4 is 4.74 Å². The number of alkyl halides is 1. The zero-order chi connectivity index (χ0) is 13.0. The van der Waals surface area contributed by atoms with E-state index in [0.29, 0.717) is 6.61 Å². The Morgan fingerprint density at radius 2 is 1.78 bits per heavy atom. The lowest BCUT2D eigenvalue weighted by atomic mass is 10.0. The van der Waals surface area contributed by atoms with Crippen molar-refractivity contribution in [2.24, 2.45) is 0 Å². The molecule has 2 aromatic carbocycles. The fraction of sp³-hybridized carbons (Fsp3) is 0.200. The summed E-state index contributed by atoms with van der Waals surface area (Å²) < 4.78 is 18.4. The molecule has 1 unspecified atom stereocenters. The molecule has 0 bridgehead atoms. The second-order valence-corrected chi connectivity index (χ2v) is 4.32. The highest BCUT2D eigenvalue weighted by Gasteiger charge is 2.15. The zero-order valence-electron chi connectivity index (χ0n) is 10.1. The van der Waals surface area contributed by atoms with E-state index in [9.17, 15) is 4.39 Å². The van der Waals surface area contributed by atoms with Gasteiger partial charge in [0.15, 0.2) is 0 Å². The molecule has 0 aliphatic rings. The highest BCUT2D eigenvalue weighted by atomic mass is 35.5. The van der Waals surface area contributed by atoms with Gasteiger partial charge in [-0.05, 0) is 30.7 Å². The lowest BCUT2D eigenvalue weighted by molar-refractivity contribution is 0.337. The summed E-state index contributed by atoms with van der Waals surface area (Å²) in [6.07, 6.45) is 0. The van der Waals surface area contributed by atoms with Crippen molar-refractivity contribution in [3.8, 4) is 5.75 Å². The molecule has 18 heavy (non-hydrogen) atoms. The molecule has 0 N–H and O–H groups in total. The van der Waals surface area contributed by atoms with Crippen molar-refractivity contribution in [1.29, 1.82) is 0 Å². The summed E-state index contributed by atoms with van der Waals surface area (Å²) >= 11 is 6.42.